The molecule has 21 heavy (non-hydrogen) atoms. The highest BCUT2D eigenvalue weighted by Crippen LogP contribution is 2.27. The van der Waals surface area contributed by atoms with E-state index in [0.717, 1.165) is 18.2 Å². The van der Waals surface area contributed by atoms with Crippen molar-refractivity contribution in [2.24, 2.45) is 0 Å². The maximum absolute atomic E-state index is 13.6. The third-order valence-corrected chi connectivity index (χ3v) is 3.40. The summed E-state index contributed by atoms with van der Waals surface area (Å²) >= 11 is 6.15. The summed E-state index contributed by atoms with van der Waals surface area (Å²) in [4.78, 5) is 0. The van der Waals surface area contributed by atoms with Gasteiger partial charge in [-0.3, -0.25) is 0 Å². The second-order valence-electron chi connectivity index (χ2n) is 4.50. The molecule has 2 nitrogen and oxygen atoms in total. The highest BCUT2D eigenvalue weighted by atomic mass is 35.5. The molecule has 0 spiro atoms. The van der Waals surface area contributed by atoms with Crippen molar-refractivity contribution in [2.45, 2.75) is 20.1 Å². The van der Waals surface area contributed by atoms with E-state index in [1.165, 1.54) is 12.1 Å². The number of ether oxygens (including phenoxy) is 1. The van der Waals surface area contributed by atoms with E-state index < -0.39 is 11.6 Å². The lowest BCUT2D eigenvalue weighted by Gasteiger charge is -2.13. The molecule has 0 radical (unpaired) electrons. The van der Waals surface area contributed by atoms with Crippen molar-refractivity contribution in [1.82, 2.24) is 5.32 Å². The van der Waals surface area contributed by atoms with E-state index in [4.69, 9.17) is 16.3 Å². The summed E-state index contributed by atoms with van der Waals surface area (Å²) in [6.45, 7) is 3.28. The van der Waals surface area contributed by atoms with Crippen LogP contribution in [0.1, 0.15) is 18.1 Å². The second kappa shape index (κ2) is 7.38. The highest BCUT2D eigenvalue weighted by Gasteiger charge is 2.11. The van der Waals surface area contributed by atoms with Crippen LogP contribution in [0, 0.1) is 11.6 Å². The zero-order chi connectivity index (χ0) is 15.2. The molecular weight excluding hydrogens is 296 g/mol. The van der Waals surface area contributed by atoms with E-state index in [1.54, 1.807) is 18.2 Å². The second-order valence-corrected chi connectivity index (χ2v) is 4.91. The average Bonchev–Trinajstić information content (AvgIpc) is 2.48. The minimum atomic E-state index is -0.882. The van der Waals surface area contributed by atoms with Gasteiger partial charge in [-0.1, -0.05) is 36.7 Å². The van der Waals surface area contributed by atoms with E-state index >= 15 is 0 Å². The first-order valence-corrected chi connectivity index (χ1v) is 7.05. The topological polar surface area (TPSA) is 21.3 Å². The number of nitrogens with one attached hydrogen (secondary N) is 1. The summed E-state index contributed by atoms with van der Waals surface area (Å²) in [5, 5.41) is 3.74. The number of halogens is 3. The Balaban J connectivity index is 2.16. The largest absolute Gasteiger partial charge is 0.488 e. The molecule has 0 saturated heterocycles. The first kappa shape index (κ1) is 15.7. The van der Waals surface area contributed by atoms with Crippen molar-refractivity contribution in [3.63, 3.8) is 0 Å². The summed E-state index contributed by atoms with van der Waals surface area (Å²) in [6.07, 6.45) is 0. The molecule has 112 valence electrons. The predicted molar refractivity (Wildman–Crippen MR) is 79.5 cm³/mol. The van der Waals surface area contributed by atoms with E-state index in [1.807, 2.05) is 6.92 Å². The van der Waals surface area contributed by atoms with Gasteiger partial charge in [-0.2, -0.15) is 0 Å². The molecule has 0 fully saturated rings. The summed E-state index contributed by atoms with van der Waals surface area (Å²) in [6, 6.07) is 9.31. The van der Waals surface area contributed by atoms with Crippen molar-refractivity contribution < 1.29 is 13.5 Å². The molecule has 2 rings (SSSR count). The lowest BCUT2D eigenvalue weighted by atomic mass is 10.2. The van der Waals surface area contributed by atoms with Crippen LogP contribution in [0.2, 0.25) is 5.02 Å². The molecule has 2 aromatic rings. The van der Waals surface area contributed by atoms with Gasteiger partial charge in [0, 0.05) is 22.7 Å². The fourth-order valence-electron chi connectivity index (χ4n) is 1.91. The zero-order valence-corrected chi connectivity index (χ0v) is 12.4. The van der Waals surface area contributed by atoms with Crippen molar-refractivity contribution in [2.75, 3.05) is 6.54 Å². The Morgan fingerprint density at radius 1 is 1.14 bits per heavy atom. The zero-order valence-electron chi connectivity index (χ0n) is 11.6. The van der Waals surface area contributed by atoms with Crippen LogP contribution >= 0.6 is 11.6 Å². The molecular formula is C16H16ClF2NO. The third kappa shape index (κ3) is 3.93. The van der Waals surface area contributed by atoms with Crippen LogP contribution in [0.3, 0.4) is 0 Å². The van der Waals surface area contributed by atoms with Crippen molar-refractivity contribution in [3.05, 3.63) is 64.2 Å². The van der Waals surface area contributed by atoms with Gasteiger partial charge >= 0.3 is 0 Å². The fraction of sp³-hybridized carbons (Fsp3) is 0.250. The van der Waals surface area contributed by atoms with Gasteiger partial charge in [0.2, 0.25) is 0 Å². The molecule has 0 aromatic heterocycles. The van der Waals surface area contributed by atoms with Crippen LogP contribution in [-0.4, -0.2) is 6.54 Å². The third-order valence-electron chi connectivity index (χ3n) is 3.04. The molecule has 0 atom stereocenters. The molecule has 0 aliphatic carbocycles. The maximum Gasteiger partial charge on any atom is 0.165 e. The van der Waals surface area contributed by atoms with Crippen LogP contribution in [0.5, 0.6) is 5.75 Å². The number of hydrogen-bond donors (Lipinski definition) is 1. The quantitative estimate of drug-likeness (QED) is 0.858. The van der Waals surface area contributed by atoms with Gasteiger partial charge in [-0.15, -0.1) is 0 Å². The van der Waals surface area contributed by atoms with Crippen molar-refractivity contribution >= 4 is 11.6 Å². The van der Waals surface area contributed by atoms with Gasteiger partial charge < -0.3 is 10.1 Å². The first-order valence-electron chi connectivity index (χ1n) is 6.67. The Morgan fingerprint density at radius 2 is 1.90 bits per heavy atom. The summed E-state index contributed by atoms with van der Waals surface area (Å²) < 4.78 is 32.4. The van der Waals surface area contributed by atoms with Gasteiger partial charge in [-0.05, 0) is 24.7 Å². The minimum Gasteiger partial charge on any atom is -0.488 e. The molecule has 0 heterocycles. The van der Waals surface area contributed by atoms with Crippen LogP contribution < -0.4 is 10.1 Å². The normalized spacial score (nSPS) is 10.7. The Labute approximate surface area is 127 Å². The minimum absolute atomic E-state index is 0.0525. The number of hydrogen-bond acceptors (Lipinski definition) is 2. The van der Waals surface area contributed by atoms with E-state index in [0.29, 0.717) is 17.3 Å². The molecule has 0 saturated carbocycles. The highest BCUT2D eigenvalue weighted by molar-refractivity contribution is 6.31. The van der Waals surface area contributed by atoms with Crippen molar-refractivity contribution in [1.29, 1.82) is 0 Å². The maximum atomic E-state index is 13.6. The molecule has 0 aliphatic heterocycles. The Kier molecular flexibility index (Phi) is 5.53. The van der Waals surface area contributed by atoms with Gasteiger partial charge in [0.15, 0.2) is 11.6 Å². The molecule has 2 aromatic carbocycles. The van der Waals surface area contributed by atoms with E-state index in [-0.39, 0.29) is 12.2 Å². The molecule has 0 bridgehead atoms. The molecule has 0 aliphatic rings. The summed E-state index contributed by atoms with van der Waals surface area (Å²) in [7, 11) is 0. The van der Waals surface area contributed by atoms with E-state index in [9.17, 15) is 8.78 Å². The Morgan fingerprint density at radius 3 is 2.67 bits per heavy atom. The number of rotatable bonds is 6. The Bertz CT molecular complexity index is 619. The van der Waals surface area contributed by atoms with Crippen LogP contribution in [0.15, 0.2) is 36.4 Å². The summed E-state index contributed by atoms with van der Waals surface area (Å²) in [5.41, 5.74) is 0.974. The molecule has 5 heteroatoms. The molecule has 0 amide bonds. The monoisotopic (exact) mass is 311 g/mol. The lowest BCUT2D eigenvalue weighted by Crippen LogP contribution is -2.13. The smallest absolute Gasteiger partial charge is 0.165 e. The van der Waals surface area contributed by atoms with E-state index in [2.05, 4.69) is 5.32 Å². The van der Waals surface area contributed by atoms with Crippen LogP contribution in [0.25, 0.3) is 0 Å². The number of benzene rings is 2. The lowest BCUT2D eigenvalue weighted by molar-refractivity contribution is 0.293. The standard InChI is InChI=1S/C16H16ClF2NO/c1-2-20-9-12-13(17)6-4-8-15(12)21-10-11-5-3-7-14(18)16(11)19/h3-8,20H,2,9-10H2,1H3. The summed E-state index contributed by atoms with van der Waals surface area (Å²) in [5.74, 6) is -1.20. The fourth-order valence-corrected chi connectivity index (χ4v) is 2.14. The predicted octanol–water partition coefficient (Wildman–Crippen LogP) is 4.31. The SMILES string of the molecule is CCNCc1c(Cl)cccc1OCc1cccc(F)c1F. The molecule has 1 N–H and O–H groups in total. The van der Waals surface area contributed by atoms with Crippen molar-refractivity contribution in [3.8, 4) is 5.75 Å². The van der Waals surface area contributed by atoms with Gasteiger partial charge in [-0.25, -0.2) is 8.78 Å². The average molecular weight is 312 g/mol. The molecule has 0 unspecified atom stereocenters. The van der Waals surface area contributed by atoms with Gasteiger partial charge in [0.1, 0.15) is 12.4 Å². The van der Waals surface area contributed by atoms with Gasteiger partial charge in [0.25, 0.3) is 0 Å². The van der Waals surface area contributed by atoms with Crippen LogP contribution in [0.4, 0.5) is 8.78 Å². The Hall–Kier alpha value is -1.65. The van der Waals surface area contributed by atoms with Crippen LogP contribution in [-0.2, 0) is 13.2 Å². The van der Waals surface area contributed by atoms with Gasteiger partial charge in [0.05, 0.1) is 0 Å². The first-order chi connectivity index (χ1) is 10.1.